The molecule has 0 aromatic rings. The smallest absolute Gasteiger partial charge is 0.0278 e. The first-order valence-corrected chi connectivity index (χ1v) is 15.2. The molecule has 0 saturated heterocycles. The Morgan fingerprint density at radius 2 is 0.594 bits per heavy atom. The highest BCUT2D eigenvalue weighted by Gasteiger charge is 2.21. The fraction of sp³-hybridized carbons (Fsp3) is 1.00. The zero-order valence-electron chi connectivity index (χ0n) is 22.7. The van der Waals surface area contributed by atoms with E-state index in [9.17, 15) is 0 Å². The van der Waals surface area contributed by atoms with E-state index in [-0.39, 0.29) is 5.54 Å². The Bertz CT molecular complexity index is 314. The van der Waals surface area contributed by atoms with Crippen LogP contribution in [0.1, 0.15) is 181 Å². The minimum Gasteiger partial charge on any atom is -0.329 e. The fourth-order valence-electron chi connectivity index (χ4n) is 4.97. The van der Waals surface area contributed by atoms with Crippen molar-refractivity contribution in [2.45, 2.75) is 186 Å². The molecule has 2 heteroatoms. The van der Waals surface area contributed by atoms with Gasteiger partial charge in [-0.2, -0.15) is 0 Å². The van der Waals surface area contributed by atoms with Crippen LogP contribution in [-0.2, 0) is 0 Å². The zero-order chi connectivity index (χ0) is 23.6. The van der Waals surface area contributed by atoms with Crippen molar-refractivity contribution in [3.63, 3.8) is 0 Å². The van der Waals surface area contributed by atoms with E-state index in [2.05, 4.69) is 13.8 Å². The summed E-state index contributed by atoms with van der Waals surface area (Å²) in [5, 5.41) is 0. The summed E-state index contributed by atoms with van der Waals surface area (Å²) in [6.45, 7) is 5.24. The standard InChI is InChI=1S/C30H64N2/c1-3-5-7-9-11-13-15-17-19-21-23-25-27-30(32,29-31)28-26-24-22-20-18-16-14-12-10-8-6-4-2/h3-29,31-32H2,1-2H3. The van der Waals surface area contributed by atoms with Crippen LogP contribution in [0.4, 0.5) is 0 Å². The van der Waals surface area contributed by atoms with Crippen molar-refractivity contribution in [1.29, 1.82) is 0 Å². The number of hydrogen-bond acceptors (Lipinski definition) is 2. The second kappa shape index (κ2) is 25.5. The lowest BCUT2D eigenvalue weighted by Crippen LogP contribution is -2.46. The van der Waals surface area contributed by atoms with Crippen LogP contribution in [0, 0.1) is 0 Å². The molecule has 0 atom stereocenters. The maximum absolute atomic E-state index is 6.63. The first-order valence-electron chi connectivity index (χ1n) is 15.2. The summed E-state index contributed by atoms with van der Waals surface area (Å²) in [6.07, 6.45) is 35.9. The van der Waals surface area contributed by atoms with Gasteiger partial charge in [-0.1, -0.05) is 168 Å². The average molecular weight is 453 g/mol. The van der Waals surface area contributed by atoms with E-state index in [0.29, 0.717) is 6.54 Å². The maximum Gasteiger partial charge on any atom is 0.0278 e. The van der Waals surface area contributed by atoms with Crippen LogP contribution in [0.25, 0.3) is 0 Å². The number of rotatable bonds is 27. The first-order chi connectivity index (χ1) is 15.7. The van der Waals surface area contributed by atoms with Gasteiger partial charge in [-0.05, 0) is 12.8 Å². The van der Waals surface area contributed by atoms with Crippen molar-refractivity contribution in [3.8, 4) is 0 Å². The van der Waals surface area contributed by atoms with Gasteiger partial charge in [0.2, 0.25) is 0 Å². The Hall–Kier alpha value is -0.0800. The molecule has 32 heavy (non-hydrogen) atoms. The molecule has 0 rings (SSSR count). The quantitative estimate of drug-likeness (QED) is 0.122. The molecule has 0 bridgehead atoms. The van der Waals surface area contributed by atoms with Gasteiger partial charge in [0, 0.05) is 12.1 Å². The van der Waals surface area contributed by atoms with Crippen LogP contribution in [0.3, 0.4) is 0 Å². The number of unbranched alkanes of at least 4 members (excludes halogenated alkanes) is 22. The molecule has 0 amide bonds. The molecule has 0 fully saturated rings. The van der Waals surface area contributed by atoms with Gasteiger partial charge in [0.15, 0.2) is 0 Å². The Morgan fingerprint density at radius 1 is 0.375 bits per heavy atom. The molecule has 0 spiro atoms. The van der Waals surface area contributed by atoms with E-state index in [0.717, 1.165) is 12.8 Å². The maximum atomic E-state index is 6.63. The van der Waals surface area contributed by atoms with Crippen molar-refractivity contribution in [3.05, 3.63) is 0 Å². The van der Waals surface area contributed by atoms with Crippen molar-refractivity contribution >= 4 is 0 Å². The van der Waals surface area contributed by atoms with Gasteiger partial charge in [-0.3, -0.25) is 0 Å². The normalized spacial score (nSPS) is 12.0. The highest BCUT2D eigenvalue weighted by atomic mass is 14.8. The minimum atomic E-state index is -0.100. The molecule has 2 nitrogen and oxygen atoms in total. The number of nitrogens with two attached hydrogens (primary N) is 2. The highest BCUT2D eigenvalue weighted by molar-refractivity contribution is 4.84. The SMILES string of the molecule is CCCCCCCCCCCCCCC(N)(CN)CCCCCCCCCCCCCC. The van der Waals surface area contributed by atoms with Gasteiger partial charge < -0.3 is 11.5 Å². The van der Waals surface area contributed by atoms with Gasteiger partial charge in [0.1, 0.15) is 0 Å². The minimum absolute atomic E-state index is 0.100. The summed E-state index contributed by atoms with van der Waals surface area (Å²) in [5.41, 5.74) is 12.6. The topological polar surface area (TPSA) is 52.0 Å². The fourth-order valence-corrected chi connectivity index (χ4v) is 4.97. The monoisotopic (exact) mass is 453 g/mol. The third-order valence-electron chi connectivity index (χ3n) is 7.46. The first kappa shape index (κ1) is 31.9. The Kier molecular flexibility index (Phi) is 25.5. The van der Waals surface area contributed by atoms with Crippen molar-refractivity contribution < 1.29 is 0 Å². The molecular weight excluding hydrogens is 388 g/mol. The highest BCUT2D eigenvalue weighted by Crippen LogP contribution is 2.21. The number of hydrogen-bond donors (Lipinski definition) is 2. The van der Waals surface area contributed by atoms with Gasteiger partial charge in [-0.25, -0.2) is 0 Å². The second-order valence-corrected chi connectivity index (χ2v) is 10.8. The summed E-state index contributed by atoms with van der Waals surface area (Å²) in [6, 6.07) is 0. The molecule has 0 aliphatic carbocycles. The third-order valence-corrected chi connectivity index (χ3v) is 7.46. The summed E-state index contributed by atoms with van der Waals surface area (Å²) in [4.78, 5) is 0. The van der Waals surface area contributed by atoms with E-state index in [1.165, 1.54) is 154 Å². The predicted molar refractivity (Wildman–Crippen MR) is 147 cm³/mol. The summed E-state index contributed by atoms with van der Waals surface area (Å²) in [7, 11) is 0. The third kappa shape index (κ3) is 23.1. The van der Waals surface area contributed by atoms with E-state index >= 15 is 0 Å². The molecule has 0 heterocycles. The molecule has 0 aromatic carbocycles. The van der Waals surface area contributed by atoms with Crippen LogP contribution < -0.4 is 11.5 Å². The Morgan fingerprint density at radius 3 is 0.812 bits per heavy atom. The molecule has 0 radical (unpaired) electrons. The molecule has 0 aliphatic heterocycles. The lowest BCUT2D eigenvalue weighted by molar-refractivity contribution is 0.342. The van der Waals surface area contributed by atoms with Crippen LogP contribution >= 0.6 is 0 Å². The molecule has 0 aliphatic rings. The summed E-state index contributed by atoms with van der Waals surface area (Å²) in [5.74, 6) is 0. The molecular formula is C30H64N2. The molecule has 0 unspecified atom stereocenters. The summed E-state index contributed by atoms with van der Waals surface area (Å²) < 4.78 is 0. The second-order valence-electron chi connectivity index (χ2n) is 10.8. The van der Waals surface area contributed by atoms with Crippen LogP contribution in [0.15, 0.2) is 0 Å². The molecule has 0 saturated carbocycles. The van der Waals surface area contributed by atoms with Gasteiger partial charge in [-0.15, -0.1) is 0 Å². The lowest BCUT2D eigenvalue weighted by Gasteiger charge is -2.28. The van der Waals surface area contributed by atoms with Crippen molar-refractivity contribution in [2.75, 3.05) is 6.54 Å². The van der Waals surface area contributed by atoms with Crippen LogP contribution in [0.2, 0.25) is 0 Å². The van der Waals surface area contributed by atoms with Crippen molar-refractivity contribution in [1.82, 2.24) is 0 Å². The average Bonchev–Trinajstić information content (AvgIpc) is 2.80. The Balaban J connectivity index is 3.43. The van der Waals surface area contributed by atoms with E-state index in [1.54, 1.807) is 0 Å². The lowest BCUT2D eigenvalue weighted by atomic mass is 9.87. The van der Waals surface area contributed by atoms with E-state index < -0.39 is 0 Å². The molecule has 194 valence electrons. The Labute approximate surface area is 204 Å². The summed E-state index contributed by atoms with van der Waals surface area (Å²) >= 11 is 0. The van der Waals surface area contributed by atoms with Crippen molar-refractivity contribution in [2.24, 2.45) is 11.5 Å². The molecule has 0 aromatic heterocycles. The van der Waals surface area contributed by atoms with E-state index in [4.69, 9.17) is 11.5 Å². The van der Waals surface area contributed by atoms with Gasteiger partial charge in [0.25, 0.3) is 0 Å². The van der Waals surface area contributed by atoms with E-state index in [1.807, 2.05) is 0 Å². The largest absolute Gasteiger partial charge is 0.329 e. The van der Waals surface area contributed by atoms with Crippen LogP contribution in [0.5, 0.6) is 0 Å². The predicted octanol–water partition coefficient (Wildman–Crippen LogP) is 9.82. The molecule has 4 N–H and O–H groups in total. The zero-order valence-corrected chi connectivity index (χ0v) is 22.7. The van der Waals surface area contributed by atoms with Crippen LogP contribution in [-0.4, -0.2) is 12.1 Å². The van der Waals surface area contributed by atoms with Gasteiger partial charge >= 0.3 is 0 Å². The van der Waals surface area contributed by atoms with Gasteiger partial charge in [0.05, 0.1) is 0 Å².